The van der Waals surface area contributed by atoms with Crippen LogP contribution in [0, 0.1) is 0 Å². The van der Waals surface area contributed by atoms with Gasteiger partial charge in [-0.2, -0.15) is 26.3 Å². The first-order valence-electron chi connectivity index (χ1n) is 16.7. The van der Waals surface area contributed by atoms with Gasteiger partial charge < -0.3 is 34.5 Å². The number of amides is 3. The van der Waals surface area contributed by atoms with E-state index >= 15 is 0 Å². The second kappa shape index (κ2) is 16.2. The van der Waals surface area contributed by atoms with Crippen molar-refractivity contribution < 1.29 is 59.7 Å². The van der Waals surface area contributed by atoms with Gasteiger partial charge in [-0.3, -0.25) is 14.4 Å². The zero-order valence-corrected chi connectivity index (χ0v) is 30.1. The first-order chi connectivity index (χ1) is 26.0. The Morgan fingerprint density at radius 3 is 1.60 bits per heavy atom. The molecule has 1 fully saturated rings. The summed E-state index contributed by atoms with van der Waals surface area (Å²) in [6.07, 6.45) is -10.8. The van der Waals surface area contributed by atoms with Gasteiger partial charge in [0.15, 0.2) is 0 Å². The van der Waals surface area contributed by atoms with E-state index in [2.05, 4.69) is 10.6 Å². The lowest BCUT2D eigenvalue weighted by Gasteiger charge is -2.41. The summed E-state index contributed by atoms with van der Waals surface area (Å²) in [6, 6.07) is 17.7. The molecule has 0 spiro atoms. The van der Waals surface area contributed by atoms with E-state index in [0.717, 1.165) is 16.0 Å². The maximum Gasteiger partial charge on any atom is 0.416 e. The number of ether oxygens (including phenoxy) is 4. The molecule has 0 aliphatic carbocycles. The van der Waals surface area contributed by atoms with E-state index in [-0.39, 0.29) is 44.1 Å². The van der Waals surface area contributed by atoms with Crippen LogP contribution in [0.2, 0.25) is 0 Å². The Balaban J connectivity index is 1.42. The molecular formula is C39H37F6N3O7. The Morgan fingerprint density at radius 1 is 0.655 bits per heavy atom. The minimum Gasteiger partial charge on any atom is -0.497 e. The SMILES string of the molecule is COc1ccc(-c2ccc(C(=O)NC3(C(=O)NCc4c(OC)cc(OC)cc4OC)CCN(C(=O)c4cc(C(F)(F)F)cc(C(F)(F)F)c4)CC3)cc2)cc1. The number of halogens is 6. The van der Waals surface area contributed by atoms with Crippen LogP contribution in [0.15, 0.2) is 78.9 Å². The van der Waals surface area contributed by atoms with Gasteiger partial charge in [0, 0.05) is 36.3 Å². The fourth-order valence-electron chi connectivity index (χ4n) is 6.24. The van der Waals surface area contributed by atoms with Crippen LogP contribution in [0.5, 0.6) is 23.0 Å². The maximum absolute atomic E-state index is 14.1. The summed E-state index contributed by atoms with van der Waals surface area (Å²) in [5.74, 6) is -0.660. The molecule has 0 radical (unpaired) electrons. The molecule has 1 aliphatic rings. The zero-order chi connectivity index (χ0) is 40.1. The Kier molecular flexibility index (Phi) is 11.9. The fourth-order valence-corrected chi connectivity index (χ4v) is 6.24. The van der Waals surface area contributed by atoms with Gasteiger partial charge >= 0.3 is 12.4 Å². The van der Waals surface area contributed by atoms with Gasteiger partial charge in [0.25, 0.3) is 11.8 Å². The molecule has 0 atom stereocenters. The van der Waals surface area contributed by atoms with Crippen molar-refractivity contribution >= 4 is 17.7 Å². The van der Waals surface area contributed by atoms with Gasteiger partial charge in [-0.1, -0.05) is 24.3 Å². The highest BCUT2D eigenvalue weighted by molar-refractivity contribution is 6.00. The Bertz CT molecular complexity index is 1970. The van der Waals surface area contributed by atoms with Gasteiger partial charge in [-0.05, 0) is 66.4 Å². The summed E-state index contributed by atoms with van der Waals surface area (Å²) < 4.78 is 103. The molecule has 10 nitrogen and oxygen atoms in total. The smallest absolute Gasteiger partial charge is 0.416 e. The zero-order valence-electron chi connectivity index (χ0n) is 30.1. The minimum atomic E-state index is -5.15. The number of likely N-dealkylation sites (tertiary alicyclic amines) is 1. The molecule has 2 N–H and O–H groups in total. The number of nitrogens with zero attached hydrogens (tertiary/aromatic N) is 1. The van der Waals surface area contributed by atoms with Crippen molar-refractivity contribution in [3.05, 3.63) is 107 Å². The van der Waals surface area contributed by atoms with Gasteiger partial charge in [0.2, 0.25) is 5.91 Å². The normalized spacial score (nSPS) is 14.1. The van der Waals surface area contributed by atoms with Crippen molar-refractivity contribution in [3.63, 3.8) is 0 Å². The molecule has 1 saturated heterocycles. The highest BCUT2D eigenvalue weighted by Gasteiger charge is 2.45. The van der Waals surface area contributed by atoms with Crippen LogP contribution in [0.3, 0.4) is 0 Å². The number of piperidine rings is 1. The van der Waals surface area contributed by atoms with Crippen LogP contribution in [-0.2, 0) is 23.7 Å². The second-order valence-corrected chi connectivity index (χ2v) is 12.6. The van der Waals surface area contributed by atoms with Gasteiger partial charge in [0.1, 0.15) is 28.5 Å². The van der Waals surface area contributed by atoms with Crippen molar-refractivity contribution in [1.82, 2.24) is 15.5 Å². The highest BCUT2D eigenvalue weighted by atomic mass is 19.4. The molecule has 16 heteroatoms. The molecule has 3 amide bonds. The molecule has 4 aromatic carbocycles. The molecule has 1 aliphatic heterocycles. The number of carbonyl (C=O) groups is 3. The van der Waals surface area contributed by atoms with E-state index in [1.807, 2.05) is 12.1 Å². The lowest BCUT2D eigenvalue weighted by Crippen LogP contribution is -2.63. The third kappa shape index (κ3) is 9.07. The Labute approximate surface area is 312 Å². The Hall–Kier alpha value is -5.93. The van der Waals surface area contributed by atoms with E-state index in [9.17, 15) is 40.7 Å². The van der Waals surface area contributed by atoms with E-state index in [0.29, 0.717) is 40.7 Å². The second-order valence-electron chi connectivity index (χ2n) is 12.6. The monoisotopic (exact) mass is 773 g/mol. The number of carbonyl (C=O) groups excluding carboxylic acids is 3. The summed E-state index contributed by atoms with van der Waals surface area (Å²) in [4.78, 5) is 42.4. The quantitative estimate of drug-likeness (QED) is 0.156. The molecule has 4 aromatic rings. The van der Waals surface area contributed by atoms with Gasteiger partial charge in [0.05, 0.1) is 51.7 Å². The predicted octanol–water partition coefficient (Wildman–Crippen LogP) is 7.15. The van der Waals surface area contributed by atoms with Crippen LogP contribution in [0.1, 0.15) is 50.2 Å². The lowest BCUT2D eigenvalue weighted by molar-refractivity contribution is -0.143. The molecule has 292 valence electrons. The number of hydrogen-bond acceptors (Lipinski definition) is 7. The topological polar surface area (TPSA) is 115 Å². The number of benzene rings is 4. The average molecular weight is 774 g/mol. The van der Waals surface area contributed by atoms with Crippen LogP contribution >= 0.6 is 0 Å². The van der Waals surface area contributed by atoms with E-state index < -0.39 is 52.3 Å². The summed E-state index contributed by atoms with van der Waals surface area (Å²) in [7, 11) is 5.83. The minimum absolute atomic E-state index is 0.0613. The molecule has 0 bridgehead atoms. The molecular weight excluding hydrogens is 736 g/mol. The lowest BCUT2D eigenvalue weighted by atomic mass is 9.85. The predicted molar refractivity (Wildman–Crippen MR) is 188 cm³/mol. The van der Waals surface area contributed by atoms with E-state index in [1.54, 1.807) is 55.6 Å². The number of alkyl halides is 6. The average Bonchev–Trinajstić information content (AvgIpc) is 3.18. The van der Waals surface area contributed by atoms with Crippen LogP contribution < -0.4 is 29.6 Å². The third-order valence-corrected chi connectivity index (χ3v) is 9.34. The number of methoxy groups -OCH3 is 4. The molecule has 55 heavy (non-hydrogen) atoms. The van der Waals surface area contributed by atoms with Crippen molar-refractivity contribution in [1.29, 1.82) is 0 Å². The number of nitrogens with one attached hydrogen (secondary N) is 2. The van der Waals surface area contributed by atoms with Crippen molar-refractivity contribution in [2.75, 3.05) is 41.5 Å². The summed E-state index contributed by atoms with van der Waals surface area (Å²) in [5, 5.41) is 5.61. The summed E-state index contributed by atoms with van der Waals surface area (Å²) >= 11 is 0. The summed E-state index contributed by atoms with van der Waals surface area (Å²) in [5.41, 5.74) is -3.47. The standard InChI is InChI=1S/C39H37F6N3O7/c1-52-29-11-9-24(10-12-29)23-5-7-25(8-6-23)34(49)47-37(36(51)46-22-31-32(54-3)20-30(53-2)21-33(31)55-4)13-15-48(16-14-37)35(50)26-17-27(38(40,41)42)19-28(18-26)39(43,44)45/h5-12,17-21H,13-16,22H2,1-4H3,(H,46,51)(H,47,49). The molecule has 5 rings (SSSR count). The molecule has 1 heterocycles. The van der Waals surface area contributed by atoms with Crippen LogP contribution in [0.4, 0.5) is 26.3 Å². The van der Waals surface area contributed by atoms with Crippen molar-refractivity contribution in [2.24, 2.45) is 0 Å². The van der Waals surface area contributed by atoms with E-state index in [1.165, 1.54) is 21.3 Å². The summed E-state index contributed by atoms with van der Waals surface area (Å²) in [6.45, 7) is -0.734. The first kappa shape index (κ1) is 40.3. The maximum atomic E-state index is 14.1. The van der Waals surface area contributed by atoms with Gasteiger partial charge in [-0.25, -0.2) is 0 Å². The molecule has 0 saturated carbocycles. The fraction of sp³-hybridized carbons (Fsp3) is 0.308. The third-order valence-electron chi connectivity index (χ3n) is 9.34. The van der Waals surface area contributed by atoms with Crippen molar-refractivity contribution in [3.8, 4) is 34.1 Å². The highest BCUT2D eigenvalue weighted by Crippen LogP contribution is 2.38. The number of rotatable bonds is 11. The Morgan fingerprint density at radius 2 is 1.15 bits per heavy atom. The van der Waals surface area contributed by atoms with Gasteiger partial charge in [-0.15, -0.1) is 0 Å². The first-order valence-corrected chi connectivity index (χ1v) is 16.7. The largest absolute Gasteiger partial charge is 0.497 e. The van der Waals surface area contributed by atoms with E-state index in [4.69, 9.17) is 18.9 Å². The van der Waals surface area contributed by atoms with Crippen molar-refractivity contribution in [2.45, 2.75) is 37.3 Å². The van der Waals surface area contributed by atoms with Crippen LogP contribution in [-0.4, -0.2) is 69.7 Å². The van der Waals surface area contributed by atoms with Crippen LogP contribution in [0.25, 0.3) is 11.1 Å². The molecule has 0 aromatic heterocycles. The molecule has 0 unspecified atom stereocenters. The number of hydrogen-bond donors (Lipinski definition) is 2.